The maximum Gasteiger partial charge on any atom is 0.267 e. The first-order valence-electron chi connectivity index (χ1n) is 5.30. The molecule has 0 saturated carbocycles. The molecule has 2 N–H and O–H groups in total. The van der Waals surface area contributed by atoms with Crippen molar-refractivity contribution in [2.75, 3.05) is 13.7 Å². The van der Waals surface area contributed by atoms with Gasteiger partial charge in [-0.05, 0) is 18.2 Å². The number of aromatic nitrogens is 1. The molecule has 88 valence electrons. The molecular weight excluding hydrogens is 216 g/mol. The fourth-order valence-corrected chi connectivity index (χ4v) is 1.62. The molecule has 0 saturated heterocycles. The van der Waals surface area contributed by atoms with E-state index in [9.17, 15) is 4.79 Å². The van der Waals surface area contributed by atoms with Gasteiger partial charge in [-0.2, -0.15) is 0 Å². The van der Waals surface area contributed by atoms with E-state index in [-0.39, 0.29) is 5.91 Å². The molecule has 1 aromatic heterocycles. The lowest BCUT2D eigenvalue weighted by Crippen LogP contribution is -2.23. The maximum atomic E-state index is 11.7. The summed E-state index contributed by atoms with van der Waals surface area (Å²) in [5.41, 5.74) is 1.42. The second kappa shape index (κ2) is 4.74. The molecule has 0 aliphatic rings. The number of carbonyl (C=O) groups is 1. The minimum Gasteiger partial charge on any atom is -0.497 e. The van der Waals surface area contributed by atoms with Crippen molar-refractivity contribution in [2.45, 2.75) is 0 Å². The minimum absolute atomic E-state index is 0.139. The molecule has 2 rings (SSSR count). The monoisotopic (exact) mass is 230 g/mol. The summed E-state index contributed by atoms with van der Waals surface area (Å²) in [6.07, 6.45) is 1.64. The molecule has 0 atom stereocenters. The van der Waals surface area contributed by atoms with Gasteiger partial charge in [0.2, 0.25) is 0 Å². The topological polar surface area (TPSA) is 54.1 Å². The fourth-order valence-electron chi connectivity index (χ4n) is 1.62. The standard InChI is InChI=1S/C13H14N2O2/c1-3-6-14-13(16)12-7-9-4-5-10(17-2)8-11(9)15-12/h3-5,7-8,15H,1,6H2,2H3,(H,14,16). The third-order valence-electron chi connectivity index (χ3n) is 2.48. The van der Waals surface area contributed by atoms with Crippen molar-refractivity contribution in [2.24, 2.45) is 0 Å². The number of benzene rings is 1. The van der Waals surface area contributed by atoms with E-state index >= 15 is 0 Å². The molecule has 1 amide bonds. The molecular formula is C13H14N2O2. The van der Waals surface area contributed by atoms with Gasteiger partial charge in [-0.1, -0.05) is 6.08 Å². The highest BCUT2D eigenvalue weighted by atomic mass is 16.5. The molecule has 4 heteroatoms. The zero-order valence-electron chi connectivity index (χ0n) is 9.62. The molecule has 0 bridgehead atoms. The van der Waals surface area contributed by atoms with Gasteiger partial charge in [-0.25, -0.2) is 0 Å². The molecule has 2 aromatic rings. The lowest BCUT2D eigenvalue weighted by Gasteiger charge is -1.98. The van der Waals surface area contributed by atoms with Gasteiger partial charge in [-0.15, -0.1) is 6.58 Å². The number of H-pyrrole nitrogens is 1. The Morgan fingerprint density at radius 2 is 2.35 bits per heavy atom. The summed E-state index contributed by atoms with van der Waals surface area (Å²) in [6, 6.07) is 7.45. The van der Waals surface area contributed by atoms with Crippen LogP contribution in [0.1, 0.15) is 10.5 Å². The largest absolute Gasteiger partial charge is 0.497 e. The summed E-state index contributed by atoms with van der Waals surface area (Å²) in [5.74, 6) is 0.623. The summed E-state index contributed by atoms with van der Waals surface area (Å²) < 4.78 is 5.12. The number of hydrogen-bond donors (Lipinski definition) is 2. The lowest BCUT2D eigenvalue weighted by molar-refractivity contribution is 0.0954. The number of amides is 1. The molecule has 1 aromatic carbocycles. The second-order valence-electron chi connectivity index (χ2n) is 3.63. The molecule has 1 heterocycles. The number of methoxy groups -OCH3 is 1. The number of hydrogen-bond acceptors (Lipinski definition) is 2. The molecule has 0 aliphatic heterocycles. The van der Waals surface area contributed by atoms with Gasteiger partial charge in [0.1, 0.15) is 11.4 Å². The second-order valence-corrected chi connectivity index (χ2v) is 3.63. The molecule has 0 unspecified atom stereocenters. The highest BCUT2D eigenvalue weighted by Crippen LogP contribution is 2.21. The smallest absolute Gasteiger partial charge is 0.267 e. The maximum absolute atomic E-state index is 11.7. The SMILES string of the molecule is C=CCNC(=O)c1cc2ccc(OC)cc2[nH]1. The van der Waals surface area contributed by atoms with Gasteiger partial charge in [0.05, 0.1) is 7.11 Å². The first-order valence-corrected chi connectivity index (χ1v) is 5.30. The van der Waals surface area contributed by atoms with E-state index in [1.165, 1.54) is 0 Å². The Balaban J connectivity index is 2.30. The van der Waals surface area contributed by atoms with E-state index in [0.29, 0.717) is 12.2 Å². The van der Waals surface area contributed by atoms with Crippen LogP contribution in [0.2, 0.25) is 0 Å². The summed E-state index contributed by atoms with van der Waals surface area (Å²) in [4.78, 5) is 14.8. The van der Waals surface area contributed by atoms with Gasteiger partial charge < -0.3 is 15.0 Å². The van der Waals surface area contributed by atoms with Gasteiger partial charge in [0, 0.05) is 23.5 Å². The predicted molar refractivity (Wildman–Crippen MR) is 67.4 cm³/mol. The van der Waals surface area contributed by atoms with Crippen molar-refractivity contribution >= 4 is 16.8 Å². The Morgan fingerprint density at radius 3 is 3.06 bits per heavy atom. The quantitative estimate of drug-likeness (QED) is 0.790. The predicted octanol–water partition coefficient (Wildman–Crippen LogP) is 2.09. The first kappa shape index (κ1) is 11.3. The molecule has 0 fully saturated rings. The molecule has 0 spiro atoms. The average Bonchev–Trinajstić information content (AvgIpc) is 2.78. The number of carbonyl (C=O) groups excluding carboxylic acids is 1. The van der Waals surface area contributed by atoms with Crippen molar-refractivity contribution in [1.29, 1.82) is 0 Å². The fraction of sp³-hybridized carbons (Fsp3) is 0.154. The van der Waals surface area contributed by atoms with Crippen LogP contribution >= 0.6 is 0 Å². The van der Waals surface area contributed by atoms with Crippen molar-refractivity contribution < 1.29 is 9.53 Å². The van der Waals surface area contributed by atoms with Crippen LogP contribution in [-0.4, -0.2) is 24.5 Å². The third kappa shape index (κ3) is 2.30. The van der Waals surface area contributed by atoms with Gasteiger partial charge >= 0.3 is 0 Å². The Bertz CT molecular complexity index is 558. The number of ether oxygens (including phenoxy) is 1. The Kier molecular flexibility index (Phi) is 3.14. The summed E-state index contributed by atoms with van der Waals surface area (Å²) in [6.45, 7) is 4.01. The van der Waals surface area contributed by atoms with Gasteiger partial charge in [0.25, 0.3) is 5.91 Å². The molecule has 0 radical (unpaired) electrons. The Labute approximate surface area is 99.3 Å². The zero-order chi connectivity index (χ0) is 12.3. The summed E-state index contributed by atoms with van der Waals surface area (Å²) >= 11 is 0. The average molecular weight is 230 g/mol. The van der Waals surface area contributed by atoms with Gasteiger partial charge in [0.15, 0.2) is 0 Å². The van der Waals surface area contributed by atoms with Gasteiger partial charge in [-0.3, -0.25) is 4.79 Å². The van der Waals surface area contributed by atoms with Crippen molar-refractivity contribution in [3.63, 3.8) is 0 Å². The van der Waals surface area contributed by atoms with E-state index in [2.05, 4.69) is 16.9 Å². The molecule has 4 nitrogen and oxygen atoms in total. The molecule has 17 heavy (non-hydrogen) atoms. The van der Waals surface area contributed by atoms with Crippen LogP contribution in [-0.2, 0) is 0 Å². The van der Waals surface area contributed by atoms with Crippen LogP contribution in [0.4, 0.5) is 0 Å². The van der Waals surface area contributed by atoms with Crippen LogP contribution in [0.15, 0.2) is 36.9 Å². The van der Waals surface area contributed by atoms with E-state index in [1.807, 2.05) is 24.3 Å². The number of nitrogens with one attached hydrogen (secondary N) is 2. The van der Waals surface area contributed by atoms with Crippen molar-refractivity contribution in [1.82, 2.24) is 10.3 Å². The highest BCUT2D eigenvalue weighted by Gasteiger charge is 2.08. The van der Waals surface area contributed by atoms with Crippen LogP contribution in [0.3, 0.4) is 0 Å². The third-order valence-corrected chi connectivity index (χ3v) is 2.48. The van der Waals surface area contributed by atoms with Crippen LogP contribution in [0, 0.1) is 0 Å². The van der Waals surface area contributed by atoms with Crippen LogP contribution in [0.25, 0.3) is 10.9 Å². The van der Waals surface area contributed by atoms with E-state index in [1.54, 1.807) is 13.2 Å². The molecule has 0 aliphatic carbocycles. The van der Waals surface area contributed by atoms with E-state index < -0.39 is 0 Å². The van der Waals surface area contributed by atoms with Crippen LogP contribution in [0.5, 0.6) is 5.75 Å². The summed E-state index contributed by atoms with van der Waals surface area (Å²) in [7, 11) is 1.61. The number of rotatable bonds is 4. The highest BCUT2D eigenvalue weighted by molar-refractivity contribution is 5.98. The number of aromatic amines is 1. The van der Waals surface area contributed by atoms with Crippen molar-refractivity contribution in [3.05, 3.63) is 42.6 Å². The number of fused-ring (bicyclic) bond motifs is 1. The summed E-state index contributed by atoms with van der Waals surface area (Å²) in [5, 5.41) is 3.70. The normalized spacial score (nSPS) is 10.2. The van der Waals surface area contributed by atoms with E-state index in [4.69, 9.17) is 4.74 Å². The van der Waals surface area contributed by atoms with E-state index in [0.717, 1.165) is 16.7 Å². The zero-order valence-corrected chi connectivity index (χ0v) is 9.62. The first-order chi connectivity index (χ1) is 8.24. The minimum atomic E-state index is -0.139. The van der Waals surface area contributed by atoms with Crippen LogP contribution < -0.4 is 10.1 Å². The Morgan fingerprint density at radius 1 is 1.53 bits per heavy atom. The Hall–Kier alpha value is -2.23. The lowest BCUT2D eigenvalue weighted by atomic mass is 10.2. The van der Waals surface area contributed by atoms with Crippen molar-refractivity contribution in [3.8, 4) is 5.75 Å².